The van der Waals surface area contributed by atoms with Gasteiger partial charge in [-0.15, -0.1) is 22.9 Å². The van der Waals surface area contributed by atoms with Gasteiger partial charge in [0.25, 0.3) is 0 Å². The van der Waals surface area contributed by atoms with E-state index in [1.807, 2.05) is 43.3 Å². The summed E-state index contributed by atoms with van der Waals surface area (Å²) in [5, 5.41) is -0.158. The fourth-order valence-corrected chi connectivity index (χ4v) is 3.40. The number of hydrogen-bond donors (Lipinski definition) is 0. The maximum absolute atomic E-state index is 6.50. The minimum atomic E-state index is -0.158. The van der Waals surface area contributed by atoms with Crippen LogP contribution in [0.4, 0.5) is 0 Å². The van der Waals surface area contributed by atoms with Crippen molar-refractivity contribution in [2.75, 3.05) is 6.61 Å². The van der Waals surface area contributed by atoms with Crippen LogP contribution in [0.25, 0.3) is 0 Å². The Labute approximate surface area is 119 Å². The van der Waals surface area contributed by atoms with Crippen molar-refractivity contribution in [3.05, 3.63) is 50.6 Å². The zero-order chi connectivity index (χ0) is 12.3. The largest absolute Gasteiger partial charge is 0.494 e. The molecule has 90 valence electrons. The van der Waals surface area contributed by atoms with E-state index >= 15 is 0 Å². The molecule has 0 radical (unpaired) electrons. The zero-order valence-corrected chi connectivity index (χ0v) is 12.5. The molecule has 0 amide bonds. The van der Waals surface area contributed by atoms with Crippen molar-refractivity contribution < 1.29 is 4.74 Å². The molecular weight excluding hydrogens is 320 g/mol. The Kier molecular flexibility index (Phi) is 4.48. The number of alkyl halides is 1. The van der Waals surface area contributed by atoms with Gasteiger partial charge in [0.05, 0.1) is 15.8 Å². The minimum absolute atomic E-state index is 0.158. The molecule has 0 saturated heterocycles. The highest BCUT2D eigenvalue weighted by Gasteiger charge is 2.16. The van der Waals surface area contributed by atoms with E-state index in [1.165, 1.54) is 0 Å². The van der Waals surface area contributed by atoms with Crippen molar-refractivity contribution in [3.63, 3.8) is 0 Å². The Morgan fingerprint density at radius 2 is 2.06 bits per heavy atom. The number of para-hydroxylation sites is 1. The van der Waals surface area contributed by atoms with Crippen LogP contribution in [0.2, 0.25) is 0 Å². The van der Waals surface area contributed by atoms with Crippen LogP contribution < -0.4 is 4.74 Å². The Morgan fingerprint density at radius 1 is 1.29 bits per heavy atom. The minimum Gasteiger partial charge on any atom is -0.494 e. The van der Waals surface area contributed by atoms with Crippen molar-refractivity contribution in [1.82, 2.24) is 0 Å². The van der Waals surface area contributed by atoms with Gasteiger partial charge in [-0.05, 0) is 41.1 Å². The summed E-state index contributed by atoms with van der Waals surface area (Å²) in [6.45, 7) is 2.62. The topological polar surface area (TPSA) is 9.23 Å². The third-order valence-corrected chi connectivity index (χ3v) is 4.62. The van der Waals surface area contributed by atoms with Gasteiger partial charge in [0.2, 0.25) is 0 Å². The van der Waals surface area contributed by atoms with E-state index in [1.54, 1.807) is 11.3 Å². The van der Waals surface area contributed by atoms with Crippen molar-refractivity contribution >= 4 is 38.9 Å². The fraction of sp³-hybridized carbons (Fsp3) is 0.231. The number of rotatable bonds is 4. The maximum Gasteiger partial charge on any atom is 0.124 e. The molecule has 0 aliphatic heterocycles. The second-order valence-electron chi connectivity index (χ2n) is 3.48. The van der Waals surface area contributed by atoms with Crippen LogP contribution in [-0.4, -0.2) is 6.61 Å². The van der Waals surface area contributed by atoms with Gasteiger partial charge in [-0.3, -0.25) is 0 Å². The number of benzene rings is 1. The van der Waals surface area contributed by atoms with Gasteiger partial charge in [0, 0.05) is 10.4 Å². The Balaban J connectivity index is 2.33. The molecule has 1 nitrogen and oxygen atoms in total. The normalized spacial score (nSPS) is 12.4. The van der Waals surface area contributed by atoms with Crippen molar-refractivity contribution in [1.29, 1.82) is 0 Å². The first-order valence-electron chi connectivity index (χ1n) is 5.33. The van der Waals surface area contributed by atoms with E-state index in [2.05, 4.69) is 15.9 Å². The summed E-state index contributed by atoms with van der Waals surface area (Å²) in [5.41, 5.74) is 1.02. The predicted molar refractivity (Wildman–Crippen MR) is 77.3 cm³/mol. The number of halogens is 2. The molecule has 1 heterocycles. The smallest absolute Gasteiger partial charge is 0.124 e. The standard InChI is InChI=1S/C13H12BrClOS/c1-2-16-10-6-4-3-5-9(10)13(15)11-7-8-12(14)17-11/h3-8,13H,2H2,1H3. The monoisotopic (exact) mass is 330 g/mol. The van der Waals surface area contributed by atoms with Crippen LogP contribution >= 0.6 is 38.9 Å². The average molecular weight is 332 g/mol. The highest BCUT2D eigenvalue weighted by Crippen LogP contribution is 2.39. The quantitative estimate of drug-likeness (QED) is 0.696. The molecule has 0 aliphatic carbocycles. The van der Waals surface area contributed by atoms with Crippen molar-refractivity contribution in [2.24, 2.45) is 0 Å². The molecule has 4 heteroatoms. The van der Waals surface area contributed by atoms with Gasteiger partial charge in [-0.1, -0.05) is 18.2 Å². The molecule has 0 fully saturated rings. The molecule has 1 aromatic heterocycles. The first-order valence-corrected chi connectivity index (χ1v) is 7.38. The number of hydrogen-bond acceptors (Lipinski definition) is 2. The summed E-state index contributed by atoms with van der Waals surface area (Å²) in [6.07, 6.45) is 0. The third kappa shape index (κ3) is 3.03. The maximum atomic E-state index is 6.50. The Morgan fingerprint density at radius 3 is 2.71 bits per heavy atom. The molecule has 1 aromatic carbocycles. The van der Waals surface area contributed by atoms with Gasteiger partial charge in [0.1, 0.15) is 5.75 Å². The second kappa shape index (κ2) is 5.89. The van der Waals surface area contributed by atoms with E-state index in [-0.39, 0.29) is 5.38 Å². The van der Waals surface area contributed by atoms with Gasteiger partial charge < -0.3 is 4.74 Å². The molecule has 1 atom stereocenters. The molecule has 2 rings (SSSR count). The highest BCUT2D eigenvalue weighted by molar-refractivity contribution is 9.11. The van der Waals surface area contributed by atoms with E-state index < -0.39 is 0 Å². The molecule has 0 N–H and O–H groups in total. The first-order chi connectivity index (χ1) is 8.22. The Hall–Kier alpha value is -0.510. The molecule has 0 saturated carbocycles. The molecule has 17 heavy (non-hydrogen) atoms. The Bertz CT molecular complexity index is 498. The second-order valence-corrected chi connectivity index (χ2v) is 6.41. The lowest BCUT2D eigenvalue weighted by molar-refractivity contribution is 0.337. The SMILES string of the molecule is CCOc1ccccc1C(Cl)c1ccc(Br)s1. The lowest BCUT2D eigenvalue weighted by atomic mass is 10.1. The molecule has 0 bridgehead atoms. The third-order valence-electron chi connectivity index (χ3n) is 2.34. The zero-order valence-electron chi connectivity index (χ0n) is 9.32. The van der Waals surface area contributed by atoms with Crippen LogP contribution in [0.5, 0.6) is 5.75 Å². The first kappa shape index (κ1) is 12.9. The van der Waals surface area contributed by atoms with Crippen molar-refractivity contribution in [2.45, 2.75) is 12.3 Å². The van der Waals surface area contributed by atoms with Crippen LogP contribution in [-0.2, 0) is 0 Å². The van der Waals surface area contributed by atoms with Gasteiger partial charge in [-0.25, -0.2) is 0 Å². The number of ether oxygens (including phenoxy) is 1. The van der Waals surface area contributed by atoms with Crippen molar-refractivity contribution in [3.8, 4) is 5.75 Å². The fourth-order valence-electron chi connectivity index (χ4n) is 1.59. The number of thiophene rings is 1. The molecule has 1 unspecified atom stereocenters. The summed E-state index contributed by atoms with van der Waals surface area (Å²) in [4.78, 5) is 1.12. The van der Waals surface area contributed by atoms with Crippen LogP contribution in [0.15, 0.2) is 40.2 Å². The summed E-state index contributed by atoms with van der Waals surface area (Å²) < 4.78 is 6.68. The average Bonchev–Trinajstić information content (AvgIpc) is 2.76. The summed E-state index contributed by atoms with van der Waals surface area (Å²) >= 11 is 11.6. The molecule has 0 spiro atoms. The lowest BCUT2D eigenvalue weighted by Gasteiger charge is -2.13. The molecular formula is C13H12BrClOS. The van der Waals surface area contributed by atoms with Crippen LogP contribution in [0, 0.1) is 0 Å². The predicted octanol–water partition coefficient (Wildman–Crippen LogP) is 5.24. The highest BCUT2D eigenvalue weighted by atomic mass is 79.9. The molecule has 2 aromatic rings. The summed E-state index contributed by atoms with van der Waals surface area (Å²) in [7, 11) is 0. The van der Waals surface area contributed by atoms with E-state index in [0.29, 0.717) is 6.61 Å². The van der Waals surface area contributed by atoms with E-state index in [0.717, 1.165) is 20.0 Å². The lowest BCUT2D eigenvalue weighted by Crippen LogP contribution is -1.98. The van der Waals surface area contributed by atoms with Gasteiger partial charge in [-0.2, -0.15) is 0 Å². The van der Waals surface area contributed by atoms with Gasteiger partial charge >= 0.3 is 0 Å². The summed E-state index contributed by atoms with van der Waals surface area (Å²) in [6, 6.07) is 12.0. The molecule has 0 aliphatic rings. The van der Waals surface area contributed by atoms with E-state index in [9.17, 15) is 0 Å². The van der Waals surface area contributed by atoms with E-state index in [4.69, 9.17) is 16.3 Å². The summed E-state index contributed by atoms with van der Waals surface area (Å²) in [5.74, 6) is 0.861. The van der Waals surface area contributed by atoms with Crippen LogP contribution in [0.1, 0.15) is 22.7 Å². The van der Waals surface area contributed by atoms with Gasteiger partial charge in [0.15, 0.2) is 0 Å². The van der Waals surface area contributed by atoms with Crippen LogP contribution in [0.3, 0.4) is 0 Å².